The smallest absolute Gasteiger partial charge is 0.225 e. The first-order valence-electron chi connectivity index (χ1n) is 7.49. The van der Waals surface area contributed by atoms with Gasteiger partial charge in [0, 0.05) is 18.8 Å². The normalized spacial score (nSPS) is 23.1. The molecule has 1 heterocycles. The first kappa shape index (κ1) is 14.1. The third-order valence-electron chi connectivity index (χ3n) is 3.90. The largest absolute Gasteiger partial charge is 0.478 e. The van der Waals surface area contributed by atoms with Crippen LogP contribution in [0.3, 0.4) is 0 Å². The molecule has 4 heteroatoms. The minimum absolute atomic E-state index is 0.663. The molecule has 1 N–H and O–H groups in total. The maximum atomic E-state index is 5.52. The highest BCUT2D eigenvalue weighted by molar-refractivity contribution is 5.27. The average molecular weight is 263 g/mol. The summed E-state index contributed by atoms with van der Waals surface area (Å²) in [4.78, 5) is 8.63. The summed E-state index contributed by atoms with van der Waals surface area (Å²) in [5.41, 5.74) is 0. The molecular formula is C15H25N3O. The highest BCUT2D eigenvalue weighted by atomic mass is 16.5. The summed E-state index contributed by atoms with van der Waals surface area (Å²) >= 11 is 0. The van der Waals surface area contributed by atoms with Crippen LogP contribution in [0.5, 0.6) is 5.88 Å². The van der Waals surface area contributed by atoms with E-state index in [1.54, 1.807) is 6.20 Å². The van der Waals surface area contributed by atoms with Crippen LogP contribution in [0.15, 0.2) is 12.3 Å². The Morgan fingerprint density at radius 1 is 1.37 bits per heavy atom. The van der Waals surface area contributed by atoms with Gasteiger partial charge in [-0.2, -0.15) is 4.98 Å². The summed E-state index contributed by atoms with van der Waals surface area (Å²) in [6.45, 7) is 6.12. The summed E-state index contributed by atoms with van der Waals surface area (Å²) in [5.74, 6) is 2.90. The summed E-state index contributed by atoms with van der Waals surface area (Å²) in [5, 5.41) is 3.36. The number of hydrogen-bond acceptors (Lipinski definition) is 4. The number of anilines is 1. The van der Waals surface area contributed by atoms with Crippen molar-refractivity contribution < 1.29 is 4.74 Å². The molecule has 106 valence electrons. The van der Waals surface area contributed by atoms with Crippen molar-refractivity contribution in [1.82, 2.24) is 9.97 Å². The van der Waals surface area contributed by atoms with E-state index in [-0.39, 0.29) is 0 Å². The number of ether oxygens (including phenoxy) is 1. The average Bonchev–Trinajstić information content (AvgIpc) is 2.45. The lowest BCUT2D eigenvalue weighted by Crippen LogP contribution is -2.25. The summed E-state index contributed by atoms with van der Waals surface area (Å²) in [6, 6.07) is 1.81. The molecule has 19 heavy (non-hydrogen) atoms. The molecule has 0 amide bonds. The second-order valence-corrected chi connectivity index (χ2v) is 5.47. The fourth-order valence-electron chi connectivity index (χ4n) is 2.63. The Morgan fingerprint density at radius 3 is 3.00 bits per heavy atom. The highest BCUT2D eigenvalue weighted by Crippen LogP contribution is 2.29. The van der Waals surface area contributed by atoms with Crippen LogP contribution in [0, 0.1) is 11.8 Å². The lowest BCUT2D eigenvalue weighted by Gasteiger charge is -2.28. The van der Waals surface area contributed by atoms with E-state index in [1.807, 2.05) is 6.07 Å². The molecule has 0 bridgehead atoms. The SMILES string of the molecule is CCCOc1ccnc(NCC2CCCCC2C)n1. The van der Waals surface area contributed by atoms with Gasteiger partial charge in [-0.25, -0.2) is 4.98 Å². The minimum Gasteiger partial charge on any atom is -0.478 e. The van der Waals surface area contributed by atoms with E-state index in [9.17, 15) is 0 Å². The summed E-state index contributed by atoms with van der Waals surface area (Å²) in [7, 11) is 0. The van der Waals surface area contributed by atoms with Crippen molar-refractivity contribution in [2.75, 3.05) is 18.5 Å². The van der Waals surface area contributed by atoms with E-state index in [4.69, 9.17) is 4.74 Å². The fraction of sp³-hybridized carbons (Fsp3) is 0.733. The van der Waals surface area contributed by atoms with Crippen LogP contribution in [0.2, 0.25) is 0 Å². The van der Waals surface area contributed by atoms with Gasteiger partial charge in [-0.3, -0.25) is 0 Å². The molecule has 0 radical (unpaired) electrons. The highest BCUT2D eigenvalue weighted by Gasteiger charge is 2.21. The Kier molecular flexibility index (Phi) is 5.43. The molecule has 0 aromatic carbocycles. The standard InChI is InChI=1S/C15H25N3O/c1-3-10-19-14-8-9-16-15(18-14)17-11-13-7-5-4-6-12(13)2/h8-9,12-13H,3-7,10-11H2,1-2H3,(H,16,17,18). The minimum atomic E-state index is 0.663. The molecular weight excluding hydrogens is 238 g/mol. The van der Waals surface area contributed by atoms with Gasteiger partial charge < -0.3 is 10.1 Å². The maximum Gasteiger partial charge on any atom is 0.225 e. The van der Waals surface area contributed by atoms with E-state index in [1.165, 1.54) is 25.7 Å². The Hall–Kier alpha value is -1.32. The molecule has 1 fully saturated rings. The van der Waals surface area contributed by atoms with Crippen molar-refractivity contribution in [2.24, 2.45) is 11.8 Å². The predicted molar refractivity (Wildman–Crippen MR) is 77.4 cm³/mol. The third-order valence-corrected chi connectivity index (χ3v) is 3.90. The zero-order valence-corrected chi connectivity index (χ0v) is 12.1. The monoisotopic (exact) mass is 263 g/mol. The van der Waals surface area contributed by atoms with Crippen molar-refractivity contribution in [2.45, 2.75) is 46.0 Å². The maximum absolute atomic E-state index is 5.52. The van der Waals surface area contributed by atoms with Gasteiger partial charge in [0.1, 0.15) is 0 Å². The fourth-order valence-corrected chi connectivity index (χ4v) is 2.63. The Morgan fingerprint density at radius 2 is 2.21 bits per heavy atom. The molecule has 0 aliphatic heterocycles. The van der Waals surface area contributed by atoms with Crippen molar-refractivity contribution in [1.29, 1.82) is 0 Å². The van der Waals surface area contributed by atoms with E-state index in [0.717, 1.165) is 24.8 Å². The van der Waals surface area contributed by atoms with Gasteiger partial charge in [0.15, 0.2) is 0 Å². The van der Waals surface area contributed by atoms with Gasteiger partial charge in [0.05, 0.1) is 6.61 Å². The third kappa shape index (κ3) is 4.37. The number of rotatable bonds is 6. The first-order chi connectivity index (χ1) is 9.29. The number of aromatic nitrogens is 2. The molecule has 1 aliphatic carbocycles. The van der Waals surface area contributed by atoms with Gasteiger partial charge in [0.25, 0.3) is 0 Å². The van der Waals surface area contributed by atoms with Crippen LogP contribution < -0.4 is 10.1 Å². The zero-order valence-electron chi connectivity index (χ0n) is 12.1. The van der Waals surface area contributed by atoms with Gasteiger partial charge in [-0.1, -0.05) is 33.1 Å². The van der Waals surface area contributed by atoms with E-state index >= 15 is 0 Å². The molecule has 1 aromatic rings. The van der Waals surface area contributed by atoms with Crippen molar-refractivity contribution in [3.05, 3.63) is 12.3 Å². The van der Waals surface area contributed by atoms with Gasteiger partial charge >= 0.3 is 0 Å². The molecule has 2 atom stereocenters. The first-order valence-corrected chi connectivity index (χ1v) is 7.49. The molecule has 1 aromatic heterocycles. The van der Waals surface area contributed by atoms with Crippen LogP contribution in [-0.2, 0) is 0 Å². The van der Waals surface area contributed by atoms with Crippen LogP contribution >= 0.6 is 0 Å². The Bertz CT molecular complexity index is 383. The molecule has 0 spiro atoms. The van der Waals surface area contributed by atoms with Crippen LogP contribution in [0.4, 0.5) is 5.95 Å². The van der Waals surface area contributed by atoms with Gasteiger partial charge in [0.2, 0.25) is 11.8 Å². The van der Waals surface area contributed by atoms with Gasteiger partial charge in [-0.15, -0.1) is 0 Å². The van der Waals surface area contributed by atoms with E-state index < -0.39 is 0 Å². The van der Waals surface area contributed by atoms with Crippen LogP contribution in [0.25, 0.3) is 0 Å². The predicted octanol–water partition coefficient (Wildman–Crippen LogP) is 3.50. The van der Waals surface area contributed by atoms with Crippen molar-refractivity contribution in [3.63, 3.8) is 0 Å². The topological polar surface area (TPSA) is 47.0 Å². The molecule has 0 saturated heterocycles. The second-order valence-electron chi connectivity index (χ2n) is 5.47. The van der Waals surface area contributed by atoms with Crippen LogP contribution in [0.1, 0.15) is 46.0 Å². The zero-order chi connectivity index (χ0) is 13.5. The molecule has 4 nitrogen and oxygen atoms in total. The lowest BCUT2D eigenvalue weighted by molar-refractivity contribution is 0.268. The molecule has 1 aliphatic rings. The number of nitrogens with one attached hydrogen (secondary N) is 1. The molecule has 2 unspecified atom stereocenters. The number of hydrogen-bond donors (Lipinski definition) is 1. The van der Waals surface area contributed by atoms with E-state index in [2.05, 4.69) is 29.1 Å². The quantitative estimate of drug-likeness (QED) is 0.853. The van der Waals surface area contributed by atoms with Crippen molar-refractivity contribution in [3.8, 4) is 5.88 Å². The Balaban J connectivity index is 1.84. The summed E-state index contributed by atoms with van der Waals surface area (Å²) in [6.07, 6.45) is 8.16. The van der Waals surface area contributed by atoms with Gasteiger partial charge in [-0.05, 0) is 24.7 Å². The lowest BCUT2D eigenvalue weighted by atomic mass is 9.80. The van der Waals surface area contributed by atoms with E-state index in [0.29, 0.717) is 18.4 Å². The number of nitrogens with zero attached hydrogens (tertiary/aromatic N) is 2. The summed E-state index contributed by atoms with van der Waals surface area (Å²) < 4.78 is 5.52. The Labute approximate surface area is 116 Å². The second kappa shape index (κ2) is 7.31. The molecule has 1 saturated carbocycles. The van der Waals surface area contributed by atoms with Crippen LogP contribution in [-0.4, -0.2) is 23.1 Å². The molecule has 2 rings (SSSR count). The van der Waals surface area contributed by atoms with Crippen molar-refractivity contribution >= 4 is 5.95 Å².